The molecular formula is C13H17N5O. The molecule has 0 radical (unpaired) electrons. The number of hydrogen-bond donors (Lipinski definition) is 4. The van der Waals surface area contributed by atoms with Gasteiger partial charge in [0.1, 0.15) is 17.5 Å². The molecule has 1 atom stereocenters. The third kappa shape index (κ3) is 3.40. The van der Waals surface area contributed by atoms with Gasteiger partial charge in [-0.3, -0.25) is 0 Å². The number of hydrogen-bond acceptors (Lipinski definition) is 6. The van der Waals surface area contributed by atoms with E-state index >= 15 is 0 Å². The Kier molecular flexibility index (Phi) is 4.27. The monoisotopic (exact) mass is 259 g/mol. The quantitative estimate of drug-likeness (QED) is 0.476. The topological polar surface area (TPSA) is 96.1 Å². The van der Waals surface area contributed by atoms with E-state index in [1.54, 1.807) is 13.0 Å². The minimum absolute atomic E-state index is 0.0293. The summed E-state index contributed by atoms with van der Waals surface area (Å²) in [5.74, 6) is 7.09. The Morgan fingerprint density at radius 3 is 2.53 bits per heavy atom. The molecule has 5 N–H and O–H groups in total. The second kappa shape index (κ2) is 6.12. The molecule has 1 aromatic heterocycles. The highest BCUT2D eigenvalue weighted by Crippen LogP contribution is 2.19. The van der Waals surface area contributed by atoms with Crippen LogP contribution in [0.25, 0.3) is 0 Å². The summed E-state index contributed by atoms with van der Waals surface area (Å²) >= 11 is 0. The SMILES string of the molecule is Cc1nc(NN)cc(NC(CO)c2ccccc2)n1. The number of nitrogens with one attached hydrogen (secondary N) is 2. The lowest BCUT2D eigenvalue weighted by Gasteiger charge is -2.18. The van der Waals surface area contributed by atoms with E-state index < -0.39 is 0 Å². The molecule has 0 aliphatic rings. The first kappa shape index (κ1) is 13.3. The minimum atomic E-state index is -0.221. The van der Waals surface area contributed by atoms with Gasteiger partial charge in [0.05, 0.1) is 12.6 Å². The van der Waals surface area contributed by atoms with Crippen LogP contribution in [0.1, 0.15) is 17.4 Å². The largest absolute Gasteiger partial charge is 0.394 e. The molecule has 0 saturated heterocycles. The molecule has 1 heterocycles. The molecule has 1 aromatic carbocycles. The Balaban J connectivity index is 2.21. The molecule has 0 spiro atoms. The fourth-order valence-corrected chi connectivity index (χ4v) is 1.81. The summed E-state index contributed by atoms with van der Waals surface area (Å²) in [5.41, 5.74) is 3.47. The lowest BCUT2D eigenvalue weighted by molar-refractivity contribution is 0.276. The molecule has 19 heavy (non-hydrogen) atoms. The third-order valence-electron chi connectivity index (χ3n) is 2.69. The first-order valence-electron chi connectivity index (χ1n) is 5.97. The average Bonchev–Trinajstić information content (AvgIpc) is 2.45. The Hall–Kier alpha value is -2.18. The zero-order valence-corrected chi connectivity index (χ0v) is 10.7. The number of benzene rings is 1. The molecule has 2 rings (SSSR count). The number of nitrogens with two attached hydrogens (primary N) is 1. The van der Waals surface area contributed by atoms with E-state index in [0.29, 0.717) is 17.5 Å². The summed E-state index contributed by atoms with van der Waals surface area (Å²) in [4.78, 5) is 8.37. The van der Waals surface area contributed by atoms with Gasteiger partial charge in [-0.05, 0) is 12.5 Å². The maximum absolute atomic E-state index is 9.49. The number of nitrogen functional groups attached to an aromatic ring is 1. The second-order valence-corrected chi connectivity index (χ2v) is 4.12. The van der Waals surface area contributed by atoms with E-state index in [2.05, 4.69) is 20.7 Å². The van der Waals surface area contributed by atoms with Gasteiger partial charge in [0.25, 0.3) is 0 Å². The van der Waals surface area contributed by atoms with Crippen LogP contribution in [-0.4, -0.2) is 21.7 Å². The first-order chi connectivity index (χ1) is 9.22. The van der Waals surface area contributed by atoms with Gasteiger partial charge in [0.15, 0.2) is 0 Å². The van der Waals surface area contributed by atoms with Crippen LogP contribution in [0, 0.1) is 6.92 Å². The van der Waals surface area contributed by atoms with Crippen molar-refractivity contribution in [2.24, 2.45) is 5.84 Å². The molecule has 100 valence electrons. The second-order valence-electron chi connectivity index (χ2n) is 4.12. The molecule has 0 fully saturated rings. The Labute approximate surface area is 111 Å². The number of aryl methyl sites for hydroxylation is 1. The number of anilines is 2. The summed E-state index contributed by atoms with van der Waals surface area (Å²) < 4.78 is 0. The van der Waals surface area contributed by atoms with Crippen molar-refractivity contribution in [2.75, 3.05) is 17.3 Å². The number of rotatable bonds is 5. The molecule has 6 nitrogen and oxygen atoms in total. The number of hydrazine groups is 1. The molecule has 1 unspecified atom stereocenters. The van der Waals surface area contributed by atoms with Gasteiger partial charge in [0, 0.05) is 6.07 Å². The highest BCUT2D eigenvalue weighted by atomic mass is 16.3. The van der Waals surface area contributed by atoms with Crippen LogP contribution in [-0.2, 0) is 0 Å². The lowest BCUT2D eigenvalue weighted by atomic mass is 10.1. The van der Waals surface area contributed by atoms with Crippen molar-refractivity contribution >= 4 is 11.6 Å². The van der Waals surface area contributed by atoms with Gasteiger partial charge >= 0.3 is 0 Å². The fraction of sp³-hybridized carbons (Fsp3) is 0.231. The van der Waals surface area contributed by atoms with Crippen molar-refractivity contribution < 1.29 is 5.11 Å². The number of aliphatic hydroxyl groups is 1. The molecule has 0 amide bonds. The van der Waals surface area contributed by atoms with Crippen molar-refractivity contribution in [2.45, 2.75) is 13.0 Å². The fourth-order valence-electron chi connectivity index (χ4n) is 1.81. The number of aliphatic hydroxyl groups excluding tert-OH is 1. The summed E-state index contributed by atoms with van der Waals surface area (Å²) in [5, 5.41) is 12.7. The maximum Gasteiger partial charge on any atom is 0.145 e. The highest BCUT2D eigenvalue weighted by molar-refractivity contribution is 5.48. The molecule has 0 saturated carbocycles. The summed E-state index contributed by atoms with van der Waals surface area (Å²) in [6, 6.07) is 11.2. The van der Waals surface area contributed by atoms with Crippen molar-refractivity contribution in [3.8, 4) is 0 Å². The Bertz CT molecular complexity index is 532. The molecule has 0 bridgehead atoms. The smallest absolute Gasteiger partial charge is 0.145 e. The van der Waals surface area contributed by atoms with E-state index in [1.165, 1.54) is 0 Å². The molecule has 6 heteroatoms. The summed E-state index contributed by atoms with van der Waals surface area (Å²) in [6.07, 6.45) is 0. The van der Waals surface area contributed by atoms with Gasteiger partial charge in [-0.25, -0.2) is 15.8 Å². The predicted octanol–water partition coefficient (Wildman–Crippen LogP) is 1.22. The number of aromatic nitrogens is 2. The van der Waals surface area contributed by atoms with E-state index in [1.807, 2.05) is 30.3 Å². The minimum Gasteiger partial charge on any atom is -0.394 e. The Morgan fingerprint density at radius 1 is 1.21 bits per heavy atom. The van der Waals surface area contributed by atoms with E-state index in [0.717, 1.165) is 5.56 Å². The Morgan fingerprint density at radius 2 is 1.89 bits per heavy atom. The van der Waals surface area contributed by atoms with Crippen LogP contribution in [0.15, 0.2) is 36.4 Å². The predicted molar refractivity (Wildman–Crippen MR) is 74.5 cm³/mol. The first-order valence-corrected chi connectivity index (χ1v) is 5.97. The highest BCUT2D eigenvalue weighted by Gasteiger charge is 2.11. The van der Waals surface area contributed by atoms with Crippen molar-refractivity contribution in [1.82, 2.24) is 9.97 Å². The molecule has 2 aromatic rings. The zero-order valence-electron chi connectivity index (χ0n) is 10.7. The van der Waals surface area contributed by atoms with E-state index in [4.69, 9.17) is 5.84 Å². The number of nitrogens with zero attached hydrogens (tertiary/aromatic N) is 2. The third-order valence-corrected chi connectivity index (χ3v) is 2.69. The lowest BCUT2D eigenvalue weighted by Crippen LogP contribution is -2.17. The van der Waals surface area contributed by atoms with Gasteiger partial charge < -0.3 is 15.8 Å². The van der Waals surface area contributed by atoms with Crippen LogP contribution in [0.4, 0.5) is 11.6 Å². The molecule has 0 aliphatic heterocycles. The summed E-state index contributed by atoms with van der Waals surface area (Å²) in [7, 11) is 0. The van der Waals surface area contributed by atoms with Crippen LogP contribution in [0.3, 0.4) is 0 Å². The van der Waals surface area contributed by atoms with Crippen LogP contribution >= 0.6 is 0 Å². The van der Waals surface area contributed by atoms with Gasteiger partial charge in [0.2, 0.25) is 0 Å². The molecule has 0 aliphatic carbocycles. The summed E-state index contributed by atoms with van der Waals surface area (Å²) in [6.45, 7) is 1.75. The normalized spacial score (nSPS) is 11.9. The van der Waals surface area contributed by atoms with Crippen LogP contribution < -0.4 is 16.6 Å². The molecular weight excluding hydrogens is 242 g/mol. The van der Waals surface area contributed by atoms with E-state index in [9.17, 15) is 5.11 Å². The van der Waals surface area contributed by atoms with Crippen molar-refractivity contribution in [3.63, 3.8) is 0 Å². The van der Waals surface area contributed by atoms with Crippen molar-refractivity contribution in [1.29, 1.82) is 0 Å². The van der Waals surface area contributed by atoms with Crippen LogP contribution in [0.5, 0.6) is 0 Å². The average molecular weight is 259 g/mol. The van der Waals surface area contributed by atoms with Gasteiger partial charge in [-0.15, -0.1) is 0 Å². The van der Waals surface area contributed by atoms with Gasteiger partial charge in [-0.1, -0.05) is 30.3 Å². The zero-order chi connectivity index (χ0) is 13.7. The van der Waals surface area contributed by atoms with Gasteiger partial charge in [-0.2, -0.15) is 0 Å². The maximum atomic E-state index is 9.49. The standard InChI is InChI=1S/C13H17N5O/c1-9-15-12(7-13(16-9)18-14)17-11(8-19)10-5-3-2-4-6-10/h2-7,11,19H,8,14H2,1H3,(H2,15,16,17,18). The van der Waals surface area contributed by atoms with Crippen molar-refractivity contribution in [3.05, 3.63) is 47.8 Å². The van der Waals surface area contributed by atoms with Crippen LogP contribution in [0.2, 0.25) is 0 Å². The van der Waals surface area contributed by atoms with E-state index in [-0.39, 0.29) is 12.6 Å².